The first kappa shape index (κ1) is 16.5. The van der Waals surface area contributed by atoms with Gasteiger partial charge in [-0.1, -0.05) is 43.9 Å². The van der Waals surface area contributed by atoms with Crippen molar-refractivity contribution in [3.8, 4) is 5.75 Å². The number of hydrogen-bond acceptors (Lipinski definition) is 1. The van der Waals surface area contributed by atoms with E-state index in [-0.39, 0.29) is 5.75 Å². The Balaban J connectivity index is 1.49. The van der Waals surface area contributed by atoms with Gasteiger partial charge in [-0.25, -0.2) is 4.39 Å². The van der Waals surface area contributed by atoms with Gasteiger partial charge in [0.25, 0.3) is 0 Å². The van der Waals surface area contributed by atoms with Crippen molar-refractivity contribution in [1.82, 2.24) is 0 Å². The highest BCUT2D eigenvalue weighted by atomic mass is 19.2. The molecule has 23 heavy (non-hydrogen) atoms. The van der Waals surface area contributed by atoms with Crippen molar-refractivity contribution >= 4 is 0 Å². The van der Waals surface area contributed by atoms with Gasteiger partial charge in [0.2, 0.25) is 5.82 Å². The van der Waals surface area contributed by atoms with Crippen LogP contribution in [0.4, 0.5) is 8.78 Å². The molecule has 0 aliphatic heterocycles. The normalized spacial score (nSPS) is 18.9. The van der Waals surface area contributed by atoms with E-state index in [1.807, 2.05) is 0 Å². The molecule has 1 aromatic carbocycles. The van der Waals surface area contributed by atoms with Gasteiger partial charge in [-0.05, 0) is 55.6 Å². The molecule has 1 aromatic rings. The molecule has 2 fully saturated rings. The summed E-state index contributed by atoms with van der Waals surface area (Å²) in [5.74, 6) is -0.103. The first-order valence-corrected chi connectivity index (χ1v) is 9.00. The Kier molecular flexibility index (Phi) is 5.69. The molecule has 0 atom stereocenters. The van der Waals surface area contributed by atoms with E-state index in [0.717, 1.165) is 18.8 Å². The van der Waals surface area contributed by atoms with Gasteiger partial charge in [0.15, 0.2) is 11.6 Å². The second-order valence-electron chi connectivity index (χ2n) is 6.94. The molecule has 2 aliphatic rings. The second kappa shape index (κ2) is 7.94. The number of allylic oxidation sites excluding steroid dienone is 2. The minimum atomic E-state index is -0.833. The Morgan fingerprint density at radius 3 is 2.57 bits per heavy atom. The Labute approximate surface area is 137 Å². The van der Waals surface area contributed by atoms with Crippen molar-refractivity contribution in [1.29, 1.82) is 0 Å². The minimum Gasteiger partial charge on any atom is -0.490 e. The fourth-order valence-corrected chi connectivity index (χ4v) is 3.33. The summed E-state index contributed by atoms with van der Waals surface area (Å²) in [7, 11) is 0. The molecule has 2 saturated carbocycles. The topological polar surface area (TPSA) is 9.23 Å². The minimum absolute atomic E-state index is 0.0535. The van der Waals surface area contributed by atoms with Crippen molar-refractivity contribution in [2.24, 2.45) is 11.8 Å². The van der Waals surface area contributed by atoms with Crippen LogP contribution in [-0.2, 0) is 6.42 Å². The molecule has 3 rings (SSSR count). The maximum absolute atomic E-state index is 14.1. The van der Waals surface area contributed by atoms with E-state index < -0.39 is 11.6 Å². The average molecular weight is 320 g/mol. The highest BCUT2D eigenvalue weighted by Gasteiger charge is 2.18. The van der Waals surface area contributed by atoms with Crippen molar-refractivity contribution < 1.29 is 13.5 Å². The lowest BCUT2D eigenvalue weighted by Crippen LogP contribution is -2.06. The Morgan fingerprint density at radius 2 is 1.83 bits per heavy atom. The molecule has 0 spiro atoms. The number of ether oxygens (including phenoxy) is 1. The van der Waals surface area contributed by atoms with E-state index in [0.29, 0.717) is 24.5 Å². The van der Waals surface area contributed by atoms with Crippen LogP contribution in [0, 0.1) is 23.5 Å². The molecule has 0 radical (unpaired) electrons. The Hall–Kier alpha value is -1.38. The SMILES string of the molecule is Fc1c(CC/C=C/C2CC2)ccc(OCCC2CCCC2)c1F. The van der Waals surface area contributed by atoms with Crippen LogP contribution in [0.25, 0.3) is 0 Å². The molecule has 126 valence electrons. The maximum atomic E-state index is 14.1. The third-order valence-corrected chi connectivity index (χ3v) is 5.00. The van der Waals surface area contributed by atoms with Crippen molar-refractivity contribution in [2.75, 3.05) is 6.61 Å². The summed E-state index contributed by atoms with van der Waals surface area (Å²) in [6, 6.07) is 3.24. The zero-order valence-corrected chi connectivity index (χ0v) is 13.7. The molecular weight excluding hydrogens is 294 g/mol. The number of hydrogen-bond donors (Lipinski definition) is 0. The summed E-state index contributed by atoms with van der Waals surface area (Å²) in [6.45, 7) is 0.477. The van der Waals surface area contributed by atoms with E-state index in [1.165, 1.54) is 38.5 Å². The van der Waals surface area contributed by atoms with Crippen LogP contribution in [0.5, 0.6) is 5.75 Å². The third kappa shape index (κ3) is 4.79. The van der Waals surface area contributed by atoms with Gasteiger partial charge < -0.3 is 4.74 Å². The van der Waals surface area contributed by atoms with Gasteiger partial charge in [0.1, 0.15) is 0 Å². The van der Waals surface area contributed by atoms with Crippen LogP contribution in [0.15, 0.2) is 24.3 Å². The smallest absolute Gasteiger partial charge is 0.200 e. The largest absolute Gasteiger partial charge is 0.490 e. The molecule has 0 heterocycles. The van der Waals surface area contributed by atoms with Gasteiger partial charge in [-0.3, -0.25) is 0 Å². The molecule has 0 bridgehead atoms. The van der Waals surface area contributed by atoms with Crippen LogP contribution in [0.1, 0.15) is 56.9 Å². The average Bonchev–Trinajstić information content (AvgIpc) is 3.23. The fourth-order valence-electron chi connectivity index (χ4n) is 3.33. The van der Waals surface area contributed by atoms with Crippen molar-refractivity contribution in [3.05, 3.63) is 41.5 Å². The summed E-state index contributed by atoms with van der Waals surface area (Å²) in [6.07, 6.45) is 14.1. The van der Waals surface area contributed by atoms with Crippen LogP contribution >= 0.6 is 0 Å². The van der Waals surface area contributed by atoms with Gasteiger partial charge in [0.05, 0.1) is 6.61 Å². The zero-order chi connectivity index (χ0) is 16.1. The quantitative estimate of drug-likeness (QED) is 0.548. The molecule has 0 amide bonds. The van der Waals surface area contributed by atoms with Crippen LogP contribution in [-0.4, -0.2) is 6.61 Å². The number of aryl methyl sites for hydroxylation is 1. The van der Waals surface area contributed by atoms with Crippen LogP contribution < -0.4 is 4.74 Å². The molecule has 0 unspecified atom stereocenters. The van der Waals surface area contributed by atoms with Gasteiger partial charge in [-0.2, -0.15) is 4.39 Å². The predicted molar refractivity (Wildman–Crippen MR) is 88.6 cm³/mol. The fraction of sp³-hybridized carbons (Fsp3) is 0.600. The summed E-state index contributed by atoms with van der Waals surface area (Å²) >= 11 is 0. The van der Waals surface area contributed by atoms with E-state index in [4.69, 9.17) is 4.74 Å². The van der Waals surface area contributed by atoms with E-state index in [1.54, 1.807) is 12.1 Å². The van der Waals surface area contributed by atoms with E-state index >= 15 is 0 Å². The monoisotopic (exact) mass is 320 g/mol. The summed E-state index contributed by atoms with van der Waals surface area (Å²) in [5, 5.41) is 0. The number of halogens is 2. The Bertz CT molecular complexity index is 543. The molecular formula is C20H26F2O. The maximum Gasteiger partial charge on any atom is 0.200 e. The molecule has 2 aliphatic carbocycles. The van der Waals surface area contributed by atoms with Crippen molar-refractivity contribution in [3.63, 3.8) is 0 Å². The van der Waals surface area contributed by atoms with Crippen molar-refractivity contribution in [2.45, 2.75) is 57.8 Å². The van der Waals surface area contributed by atoms with Crippen LogP contribution in [0.3, 0.4) is 0 Å². The first-order chi connectivity index (χ1) is 11.2. The number of rotatable bonds is 8. The lowest BCUT2D eigenvalue weighted by atomic mass is 10.1. The molecule has 1 nitrogen and oxygen atoms in total. The highest BCUT2D eigenvalue weighted by molar-refractivity contribution is 5.31. The predicted octanol–water partition coefficient (Wildman–Crippen LogP) is 5.82. The standard InChI is InChI=1S/C20H26F2O/c21-19-17(8-4-3-7-16-9-10-16)11-12-18(20(19)22)23-14-13-15-5-1-2-6-15/h3,7,11-12,15-16H,1-2,4-6,8-10,13-14H2/b7-3+. The zero-order valence-electron chi connectivity index (χ0n) is 13.7. The Morgan fingerprint density at radius 1 is 1.04 bits per heavy atom. The van der Waals surface area contributed by atoms with Crippen LogP contribution in [0.2, 0.25) is 0 Å². The molecule has 0 aromatic heterocycles. The molecule has 0 N–H and O–H groups in total. The lowest BCUT2D eigenvalue weighted by molar-refractivity contribution is 0.263. The highest BCUT2D eigenvalue weighted by Crippen LogP contribution is 2.31. The lowest BCUT2D eigenvalue weighted by Gasteiger charge is -2.12. The van der Waals surface area contributed by atoms with Gasteiger partial charge >= 0.3 is 0 Å². The summed E-state index contributed by atoms with van der Waals surface area (Å²) in [4.78, 5) is 0. The second-order valence-corrected chi connectivity index (χ2v) is 6.94. The third-order valence-electron chi connectivity index (χ3n) is 5.00. The van der Waals surface area contributed by atoms with Gasteiger partial charge in [0, 0.05) is 0 Å². The van der Waals surface area contributed by atoms with Gasteiger partial charge in [-0.15, -0.1) is 0 Å². The number of benzene rings is 1. The van der Waals surface area contributed by atoms with E-state index in [9.17, 15) is 8.78 Å². The summed E-state index contributed by atoms with van der Waals surface area (Å²) in [5.41, 5.74) is 0.436. The first-order valence-electron chi connectivity index (χ1n) is 9.00. The molecule has 0 saturated heterocycles. The molecule has 3 heteroatoms. The summed E-state index contributed by atoms with van der Waals surface area (Å²) < 4.78 is 33.7. The van der Waals surface area contributed by atoms with E-state index in [2.05, 4.69) is 12.2 Å².